The largest absolute Gasteiger partial charge is 0.490 e. The predicted octanol–water partition coefficient (Wildman–Crippen LogP) is 5.43. The molecule has 0 aromatic heterocycles. The molecule has 44 heavy (non-hydrogen) atoms. The maximum absolute atomic E-state index is 13.2. The van der Waals surface area contributed by atoms with Crippen LogP contribution >= 0.6 is 0 Å². The molecule has 0 saturated carbocycles. The Balaban J connectivity index is 1.50. The van der Waals surface area contributed by atoms with Crippen LogP contribution in [0.3, 0.4) is 0 Å². The summed E-state index contributed by atoms with van der Waals surface area (Å²) in [5, 5.41) is 6.72. The molecule has 0 atom stereocenters. The monoisotopic (exact) mass is 594 g/mol. The molecule has 0 radical (unpaired) electrons. The van der Waals surface area contributed by atoms with E-state index in [-0.39, 0.29) is 22.8 Å². The lowest BCUT2D eigenvalue weighted by Gasteiger charge is -2.13. The van der Waals surface area contributed by atoms with Crippen molar-refractivity contribution < 1.29 is 28.2 Å². The Labute approximate surface area is 254 Å². The van der Waals surface area contributed by atoms with Crippen molar-refractivity contribution in [1.29, 1.82) is 0 Å². The first-order valence-electron chi connectivity index (χ1n) is 13.7. The molecule has 9 nitrogen and oxygen atoms in total. The molecule has 2 N–H and O–H groups in total. The van der Waals surface area contributed by atoms with Gasteiger partial charge in [-0.2, -0.15) is 5.10 Å². The average Bonchev–Trinajstić information content (AvgIpc) is 3.03. The van der Waals surface area contributed by atoms with E-state index < -0.39 is 23.6 Å². The number of nitrogens with zero attached hydrogens (tertiary/aromatic N) is 2. The first kappa shape index (κ1) is 31.2. The van der Waals surface area contributed by atoms with Gasteiger partial charge in [-0.25, -0.2) is 14.6 Å². The van der Waals surface area contributed by atoms with Crippen LogP contribution in [0, 0.1) is 5.82 Å². The molecule has 4 aromatic rings. The van der Waals surface area contributed by atoms with Crippen molar-refractivity contribution in [2.45, 2.75) is 6.92 Å². The smallest absolute Gasteiger partial charge is 0.343 e. The van der Waals surface area contributed by atoms with Gasteiger partial charge in [0, 0.05) is 25.3 Å². The number of benzene rings is 4. The van der Waals surface area contributed by atoms with Gasteiger partial charge in [0.1, 0.15) is 11.5 Å². The van der Waals surface area contributed by atoms with E-state index in [0.717, 1.165) is 5.69 Å². The first-order valence-corrected chi connectivity index (χ1v) is 13.7. The third kappa shape index (κ3) is 8.62. The highest BCUT2D eigenvalue weighted by Crippen LogP contribution is 2.29. The zero-order valence-electron chi connectivity index (χ0n) is 24.4. The van der Waals surface area contributed by atoms with Crippen molar-refractivity contribution in [3.63, 3.8) is 0 Å². The number of anilines is 1. The fraction of sp³-hybridized carbons (Fsp3) is 0.118. The lowest BCUT2D eigenvalue weighted by atomic mass is 10.1. The number of amides is 2. The molecule has 0 aliphatic heterocycles. The van der Waals surface area contributed by atoms with Crippen LogP contribution in [0.4, 0.5) is 10.1 Å². The minimum Gasteiger partial charge on any atom is -0.490 e. The van der Waals surface area contributed by atoms with Gasteiger partial charge in [-0.15, -0.1) is 0 Å². The van der Waals surface area contributed by atoms with Crippen LogP contribution in [0.2, 0.25) is 0 Å². The number of ether oxygens (including phenoxy) is 2. The Hall–Kier alpha value is -5.77. The van der Waals surface area contributed by atoms with Crippen LogP contribution in [0.15, 0.2) is 108 Å². The summed E-state index contributed by atoms with van der Waals surface area (Å²) < 4.78 is 24.3. The summed E-state index contributed by atoms with van der Waals surface area (Å²) in [5.74, 6) is -1.79. The zero-order valence-corrected chi connectivity index (χ0v) is 24.4. The second-order valence-electron chi connectivity index (χ2n) is 9.60. The molecule has 10 heteroatoms. The third-order valence-electron chi connectivity index (χ3n) is 6.18. The van der Waals surface area contributed by atoms with E-state index in [1.807, 2.05) is 43.3 Å². The number of hydrogen-bond donors (Lipinski definition) is 2. The summed E-state index contributed by atoms with van der Waals surface area (Å²) in [6.45, 7) is 2.07. The normalized spacial score (nSPS) is 11.1. The maximum atomic E-state index is 13.2. The number of rotatable bonds is 11. The van der Waals surface area contributed by atoms with Crippen LogP contribution in [0.1, 0.15) is 38.8 Å². The summed E-state index contributed by atoms with van der Waals surface area (Å²) in [6, 6.07) is 25.7. The van der Waals surface area contributed by atoms with E-state index in [9.17, 15) is 18.8 Å². The van der Waals surface area contributed by atoms with Crippen LogP contribution < -0.4 is 25.1 Å². The summed E-state index contributed by atoms with van der Waals surface area (Å²) in [6.07, 6.45) is 2.94. The number of carbonyl (C=O) groups excluding carboxylic acids is 3. The standard InChI is InChI=1S/C34H31FN4O5/c1-4-43-31-21-24(12-19-30(31)44-34(42)26-13-15-27(35)16-14-26)22-36-38-33(41)29(37-32(40)25-8-6-5-7-9-25)20-23-10-17-28(18-11-23)39(2)3/h5-22H,4H2,1-3H3,(H,37,40)(H,38,41)/b29-20-,36-22-. The third-order valence-corrected chi connectivity index (χ3v) is 6.18. The van der Waals surface area contributed by atoms with Gasteiger partial charge >= 0.3 is 5.97 Å². The maximum Gasteiger partial charge on any atom is 0.343 e. The van der Waals surface area contributed by atoms with Crippen molar-refractivity contribution in [2.24, 2.45) is 5.10 Å². The van der Waals surface area contributed by atoms with Gasteiger partial charge in [-0.3, -0.25) is 9.59 Å². The number of esters is 1. The lowest BCUT2D eigenvalue weighted by Crippen LogP contribution is -2.32. The topological polar surface area (TPSA) is 109 Å². The molecule has 4 rings (SSSR count). The van der Waals surface area contributed by atoms with Crippen LogP contribution in [0.25, 0.3) is 6.08 Å². The van der Waals surface area contributed by atoms with Gasteiger partial charge in [0.15, 0.2) is 11.5 Å². The summed E-state index contributed by atoms with van der Waals surface area (Å²) in [4.78, 5) is 40.5. The van der Waals surface area contributed by atoms with E-state index in [2.05, 4.69) is 15.8 Å². The molecule has 4 aromatic carbocycles. The Morgan fingerprint density at radius 1 is 0.841 bits per heavy atom. The highest BCUT2D eigenvalue weighted by molar-refractivity contribution is 6.05. The van der Waals surface area contributed by atoms with Crippen molar-refractivity contribution in [2.75, 3.05) is 25.6 Å². The van der Waals surface area contributed by atoms with Gasteiger partial charge < -0.3 is 19.7 Å². The highest BCUT2D eigenvalue weighted by Gasteiger charge is 2.16. The minimum atomic E-state index is -0.673. The van der Waals surface area contributed by atoms with Crippen molar-refractivity contribution in [3.05, 3.63) is 131 Å². The molecule has 0 saturated heterocycles. The van der Waals surface area contributed by atoms with Gasteiger partial charge in [0.25, 0.3) is 11.8 Å². The second-order valence-corrected chi connectivity index (χ2v) is 9.60. The first-order chi connectivity index (χ1) is 21.2. The number of hydrazone groups is 1. The van der Waals surface area contributed by atoms with Crippen LogP contribution in [0.5, 0.6) is 11.5 Å². The van der Waals surface area contributed by atoms with E-state index in [1.54, 1.807) is 55.5 Å². The Morgan fingerprint density at radius 2 is 1.52 bits per heavy atom. The number of carbonyl (C=O) groups is 3. The molecular formula is C34H31FN4O5. The predicted molar refractivity (Wildman–Crippen MR) is 167 cm³/mol. The summed E-state index contributed by atoms with van der Waals surface area (Å²) in [7, 11) is 3.85. The average molecular weight is 595 g/mol. The van der Waals surface area contributed by atoms with Crippen molar-refractivity contribution >= 4 is 35.8 Å². The minimum absolute atomic E-state index is 0.00772. The highest BCUT2D eigenvalue weighted by atomic mass is 19.1. The molecule has 0 spiro atoms. The summed E-state index contributed by atoms with van der Waals surface area (Å²) >= 11 is 0. The molecular weight excluding hydrogens is 563 g/mol. The molecule has 0 aliphatic rings. The molecule has 0 heterocycles. The van der Waals surface area contributed by atoms with E-state index in [1.165, 1.54) is 36.5 Å². The molecule has 0 bridgehead atoms. The van der Waals surface area contributed by atoms with Gasteiger partial charge in [0.2, 0.25) is 0 Å². The van der Waals surface area contributed by atoms with Crippen molar-refractivity contribution in [3.8, 4) is 11.5 Å². The number of hydrogen-bond acceptors (Lipinski definition) is 7. The molecule has 2 amide bonds. The van der Waals surface area contributed by atoms with E-state index in [0.29, 0.717) is 23.3 Å². The molecule has 0 fully saturated rings. The fourth-order valence-corrected chi connectivity index (χ4v) is 3.91. The molecule has 0 unspecified atom stereocenters. The van der Waals surface area contributed by atoms with E-state index >= 15 is 0 Å². The SMILES string of the molecule is CCOc1cc(/C=N\NC(=O)/C(=C/c2ccc(N(C)C)cc2)NC(=O)c2ccccc2)ccc1OC(=O)c1ccc(F)cc1. The summed E-state index contributed by atoms with van der Waals surface area (Å²) in [5.41, 5.74) is 5.22. The van der Waals surface area contributed by atoms with Crippen LogP contribution in [-0.4, -0.2) is 44.7 Å². The zero-order chi connectivity index (χ0) is 31.5. The Bertz CT molecular complexity index is 1670. The lowest BCUT2D eigenvalue weighted by molar-refractivity contribution is -0.117. The Kier molecular flexibility index (Phi) is 10.6. The van der Waals surface area contributed by atoms with Crippen LogP contribution in [-0.2, 0) is 4.79 Å². The number of halogens is 1. The Morgan fingerprint density at radius 3 is 2.18 bits per heavy atom. The van der Waals surface area contributed by atoms with Gasteiger partial charge in [-0.05, 0) is 90.9 Å². The van der Waals surface area contributed by atoms with Crippen molar-refractivity contribution in [1.82, 2.24) is 10.7 Å². The quantitative estimate of drug-likeness (QED) is 0.0788. The van der Waals surface area contributed by atoms with Gasteiger partial charge in [-0.1, -0.05) is 30.3 Å². The number of nitrogens with one attached hydrogen (secondary N) is 2. The molecule has 224 valence electrons. The second kappa shape index (κ2) is 14.9. The van der Waals surface area contributed by atoms with E-state index in [4.69, 9.17) is 9.47 Å². The molecule has 0 aliphatic carbocycles. The fourth-order valence-electron chi connectivity index (χ4n) is 3.91. The van der Waals surface area contributed by atoms with Gasteiger partial charge in [0.05, 0.1) is 18.4 Å².